The molecule has 1 N–H and O–H groups in total. The number of piperidine rings is 1. The zero-order chi connectivity index (χ0) is 18.4. The van der Waals surface area contributed by atoms with E-state index in [1.807, 2.05) is 6.07 Å². The van der Waals surface area contributed by atoms with Crippen LogP contribution in [0.15, 0.2) is 48.7 Å². The van der Waals surface area contributed by atoms with Gasteiger partial charge in [-0.1, -0.05) is 12.1 Å². The second-order valence-corrected chi connectivity index (χ2v) is 6.12. The highest BCUT2D eigenvalue weighted by molar-refractivity contribution is 6.01. The molecule has 7 nitrogen and oxygen atoms in total. The molecule has 26 heavy (non-hydrogen) atoms. The lowest BCUT2D eigenvalue weighted by Gasteiger charge is -2.28. The topological polar surface area (TPSA) is 88.4 Å². The Morgan fingerprint density at radius 2 is 2.00 bits per heavy atom. The molecule has 1 aliphatic heterocycles. The fourth-order valence-electron chi connectivity index (χ4n) is 2.88. The molecule has 0 atom stereocenters. The molecule has 2 aromatic rings. The van der Waals surface area contributed by atoms with Gasteiger partial charge < -0.3 is 10.2 Å². The number of nitrogens with one attached hydrogen (secondary N) is 1. The highest BCUT2D eigenvalue weighted by Gasteiger charge is 2.11. The number of nitro groups is 1. The number of amides is 1. The predicted molar refractivity (Wildman–Crippen MR) is 101 cm³/mol. The van der Waals surface area contributed by atoms with Crippen molar-refractivity contribution in [3.8, 4) is 0 Å². The van der Waals surface area contributed by atoms with Crippen molar-refractivity contribution in [3.63, 3.8) is 0 Å². The summed E-state index contributed by atoms with van der Waals surface area (Å²) in [5.74, 6) is 0.134. The summed E-state index contributed by atoms with van der Waals surface area (Å²) in [6.07, 6.45) is 8.30. The van der Waals surface area contributed by atoms with Gasteiger partial charge in [0.1, 0.15) is 5.82 Å². The normalized spacial score (nSPS) is 14.4. The Labute approximate surface area is 151 Å². The smallest absolute Gasteiger partial charge is 0.270 e. The molecule has 0 bridgehead atoms. The summed E-state index contributed by atoms with van der Waals surface area (Å²) in [7, 11) is 0. The van der Waals surface area contributed by atoms with Crippen LogP contribution in [0.2, 0.25) is 0 Å². The van der Waals surface area contributed by atoms with Gasteiger partial charge in [-0.05, 0) is 43.0 Å². The molecular formula is C19H20N4O3. The lowest BCUT2D eigenvalue weighted by Crippen LogP contribution is -2.29. The van der Waals surface area contributed by atoms with Crippen LogP contribution in [0, 0.1) is 10.1 Å². The molecule has 1 aromatic carbocycles. The number of benzene rings is 1. The fraction of sp³-hybridized carbons (Fsp3) is 0.263. The van der Waals surface area contributed by atoms with Crippen molar-refractivity contribution in [2.45, 2.75) is 19.3 Å². The van der Waals surface area contributed by atoms with Gasteiger partial charge in [-0.15, -0.1) is 0 Å². The zero-order valence-electron chi connectivity index (χ0n) is 14.3. The summed E-state index contributed by atoms with van der Waals surface area (Å²) < 4.78 is 0. The molecule has 0 unspecified atom stereocenters. The highest BCUT2D eigenvalue weighted by Crippen LogP contribution is 2.20. The van der Waals surface area contributed by atoms with Crippen molar-refractivity contribution in [1.82, 2.24) is 4.98 Å². The molecular weight excluding hydrogens is 332 g/mol. The van der Waals surface area contributed by atoms with Gasteiger partial charge in [0, 0.05) is 31.3 Å². The minimum atomic E-state index is -0.467. The standard InChI is InChI=1S/C19H20N4O3/c24-19(10-7-15-5-4-6-16(13-15)23(25)26)21-18-9-8-17(14-20-18)22-11-2-1-3-12-22/h4-10,13-14H,1-3,11-12H2,(H,20,21,24). The largest absolute Gasteiger partial charge is 0.370 e. The average Bonchev–Trinajstić information content (AvgIpc) is 2.68. The Kier molecular flexibility index (Phi) is 5.58. The van der Waals surface area contributed by atoms with Crippen LogP contribution < -0.4 is 10.2 Å². The Hall–Kier alpha value is -3.22. The summed E-state index contributed by atoms with van der Waals surface area (Å²) in [5, 5.41) is 13.5. The summed E-state index contributed by atoms with van der Waals surface area (Å²) >= 11 is 0. The van der Waals surface area contributed by atoms with E-state index in [-0.39, 0.29) is 11.6 Å². The number of non-ortho nitro benzene ring substituents is 1. The maximum atomic E-state index is 12.0. The maximum absolute atomic E-state index is 12.0. The first-order chi connectivity index (χ1) is 12.6. The fourth-order valence-corrected chi connectivity index (χ4v) is 2.88. The Morgan fingerprint density at radius 3 is 2.69 bits per heavy atom. The van der Waals surface area contributed by atoms with Crippen molar-refractivity contribution in [2.24, 2.45) is 0 Å². The number of nitro benzene ring substituents is 1. The number of hydrogen-bond acceptors (Lipinski definition) is 5. The van der Waals surface area contributed by atoms with Crippen LogP contribution in [-0.4, -0.2) is 28.9 Å². The van der Waals surface area contributed by atoms with Gasteiger partial charge in [-0.3, -0.25) is 14.9 Å². The quantitative estimate of drug-likeness (QED) is 0.504. The molecule has 1 aromatic heterocycles. The van der Waals surface area contributed by atoms with E-state index in [0.717, 1.165) is 18.8 Å². The number of carbonyl (C=O) groups is 1. The van der Waals surface area contributed by atoms with Crippen LogP contribution in [0.1, 0.15) is 24.8 Å². The lowest BCUT2D eigenvalue weighted by atomic mass is 10.1. The average molecular weight is 352 g/mol. The van der Waals surface area contributed by atoms with Crippen LogP contribution in [0.3, 0.4) is 0 Å². The maximum Gasteiger partial charge on any atom is 0.270 e. The van der Waals surface area contributed by atoms with Crippen LogP contribution >= 0.6 is 0 Å². The van der Waals surface area contributed by atoms with E-state index >= 15 is 0 Å². The van der Waals surface area contributed by atoms with Crippen molar-refractivity contribution in [2.75, 3.05) is 23.3 Å². The van der Waals surface area contributed by atoms with E-state index in [9.17, 15) is 14.9 Å². The third-order valence-electron chi connectivity index (χ3n) is 4.23. The molecule has 0 spiro atoms. The number of aromatic nitrogens is 1. The number of pyridine rings is 1. The van der Waals surface area contributed by atoms with E-state index in [4.69, 9.17) is 0 Å². The van der Waals surface area contributed by atoms with E-state index in [2.05, 4.69) is 15.2 Å². The van der Waals surface area contributed by atoms with Gasteiger partial charge in [0.05, 0.1) is 16.8 Å². The molecule has 1 amide bonds. The van der Waals surface area contributed by atoms with Gasteiger partial charge in [0.15, 0.2) is 0 Å². The van der Waals surface area contributed by atoms with E-state index < -0.39 is 4.92 Å². The second-order valence-electron chi connectivity index (χ2n) is 6.12. The van der Waals surface area contributed by atoms with Crippen molar-refractivity contribution in [1.29, 1.82) is 0 Å². The van der Waals surface area contributed by atoms with Crippen LogP contribution in [0.5, 0.6) is 0 Å². The van der Waals surface area contributed by atoms with Gasteiger partial charge in [0.2, 0.25) is 5.91 Å². The summed E-state index contributed by atoms with van der Waals surface area (Å²) in [6, 6.07) is 9.83. The van der Waals surface area contributed by atoms with Gasteiger partial charge in [0.25, 0.3) is 5.69 Å². The SMILES string of the molecule is O=C(C=Cc1cccc([N+](=O)[O-])c1)Nc1ccc(N2CCCCC2)cn1. The summed E-state index contributed by atoms with van der Waals surface area (Å²) in [4.78, 5) is 28.9. The lowest BCUT2D eigenvalue weighted by molar-refractivity contribution is -0.384. The molecule has 0 saturated carbocycles. The van der Waals surface area contributed by atoms with Gasteiger partial charge in [-0.25, -0.2) is 4.98 Å². The number of hydrogen-bond donors (Lipinski definition) is 1. The molecule has 2 heterocycles. The minimum absolute atomic E-state index is 0.0115. The first-order valence-electron chi connectivity index (χ1n) is 8.56. The second kappa shape index (κ2) is 8.24. The Bertz CT molecular complexity index is 812. The Morgan fingerprint density at radius 1 is 1.19 bits per heavy atom. The number of rotatable bonds is 5. The van der Waals surface area contributed by atoms with Crippen molar-refractivity contribution in [3.05, 3.63) is 64.3 Å². The zero-order valence-corrected chi connectivity index (χ0v) is 14.3. The molecule has 7 heteroatoms. The molecule has 0 radical (unpaired) electrons. The molecule has 1 aliphatic rings. The molecule has 1 saturated heterocycles. The highest BCUT2D eigenvalue weighted by atomic mass is 16.6. The van der Waals surface area contributed by atoms with Gasteiger partial charge in [-0.2, -0.15) is 0 Å². The predicted octanol–water partition coefficient (Wildman–Crippen LogP) is 3.63. The van der Waals surface area contributed by atoms with Crippen LogP contribution in [0.4, 0.5) is 17.2 Å². The minimum Gasteiger partial charge on any atom is -0.370 e. The molecule has 0 aliphatic carbocycles. The molecule has 134 valence electrons. The first-order valence-corrected chi connectivity index (χ1v) is 8.56. The Balaban J connectivity index is 1.59. The van der Waals surface area contributed by atoms with Gasteiger partial charge >= 0.3 is 0 Å². The van der Waals surface area contributed by atoms with Crippen molar-refractivity contribution >= 4 is 29.2 Å². The van der Waals surface area contributed by atoms with E-state index in [1.165, 1.54) is 43.5 Å². The summed E-state index contributed by atoms with van der Waals surface area (Å²) in [5.41, 5.74) is 1.64. The van der Waals surface area contributed by atoms with E-state index in [1.54, 1.807) is 24.4 Å². The van der Waals surface area contributed by atoms with E-state index in [0.29, 0.717) is 11.4 Å². The third-order valence-corrected chi connectivity index (χ3v) is 4.23. The first kappa shape index (κ1) is 17.6. The number of nitrogens with zero attached hydrogens (tertiary/aromatic N) is 3. The number of carbonyl (C=O) groups excluding carboxylic acids is 1. The third kappa shape index (κ3) is 4.66. The monoisotopic (exact) mass is 352 g/mol. The summed E-state index contributed by atoms with van der Waals surface area (Å²) in [6.45, 7) is 2.08. The molecule has 1 fully saturated rings. The van der Waals surface area contributed by atoms with Crippen LogP contribution in [-0.2, 0) is 4.79 Å². The number of anilines is 2. The molecule has 3 rings (SSSR count). The van der Waals surface area contributed by atoms with Crippen molar-refractivity contribution < 1.29 is 9.72 Å². The van der Waals surface area contributed by atoms with Crippen LogP contribution in [0.25, 0.3) is 6.08 Å².